The van der Waals surface area contributed by atoms with E-state index in [4.69, 9.17) is 4.74 Å². The molecule has 1 aromatic carbocycles. The summed E-state index contributed by atoms with van der Waals surface area (Å²) in [5.41, 5.74) is 0.672. The number of carbonyl (C=O) groups is 1. The number of aromatic nitrogens is 2. The van der Waals surface area contributed by atoms with Crippen LogP contribution in [0.1, 0.15) is 17.3 Å². The van der Waals surface area contributed by atoms with Crippen molar-refractivity contribution in [3.05, 3.63) is 42.1 Å². The Labute approximate surface area is 149 Å². The van der Waals surface area contributed by atoms with Gasteiger partial charge >= 0.3 is 6.36 Å². The van der Waals surface area contributed by atoms with Gasteiger partial charge in [-0.2, -0.15) is 0 Å². The highest BCUT2D eigenvalue weighted by atomic mass is 32.1. The van der Waals surface area contributed by atoms with Crippen LogP contribution < -0.4 is 14.8 Å². The van der Waals surface area contributed by atoms with Gasteiger partial charge in [0.25, 0.3) is 5.91 Å². The van der Waals surface area contributed by atoms with Gasteiger partial charge in [0, 0.05) is 12.3 Å². The van der Waals surface area contributed by atoms with E-state index in [1.165, 1.54) is 18.3 Å². The molecular formula is C16H12F3N3O3S. The second-order valence-electron chi connectivity index (χ2n) is 4.94. The molecule has 10 heteroatoms. The number of rotatable bonds is 5. The van der Waals surface area contributed by atoms with Gasteiger partial charge in [0.15, 0.2) is 5.13 Å². The van der Waals surface area contributed by atoms with Crippen molar-refractivity contribution in [2.24, 2.45) is 0 Å². The van der Waals surface area contributed by atoms with Gasteiger partial charge in [-0.05, 0) is 31.2 Å². The highest BCUT2D eigenvalue weighted by Crippen LogP contribution is 2.32. The van der Waals surface area contributed by atoms with E-state index in [0.29, 0.717) is 16.8 Å². The lowest BCUT2D eigenvalue weighted by Gasteiger charge is -2.07. The number of benzene rings is 1. The molecule has 0 aliphatic heterocycles. The third-order valence-corrected chi connectivity index (χ3v) is 4.04. The monoisotopic (exact) mass is 383 g/mol. The molecule has 0 saturated carbocycles. The molecule has 0 aliphatic carbocycles. The van der Waals surface area contributed by atoms with Crippen LogP contribution >= 0.6 is 11.3 Å². The zero-order valence-electron chi connectivity index (χ0n) is 13.3. The number of ether oxygens (including phenoxy) is 2. The number of nitrogens with one attached hydrogen (secondary N) is 1. The summed E-state index contributed by atoms with van der Waals surface area (Å²) in [4.78, 5) is 20.6. The van der Waals surface area contributed by atoms with Crippen LogP contribution in [-0.2, 0) is 0 Å². The molecule has 0 spiro atoms. The van der Waals surface area contributed by atoms with Crippen molar-refractivity contribution in [2.75, 3.05) is 11.9 Å². The maximum absolute atomic E-state index is 12.4. The average Bonchev–Trinajstić information content (AvgIpc) is 2.95. The van der Waals surface area contributed by atoms with Gasteiger partial charge < -0.3 is 9.47 Å². The average molecular weight is 383 g/mol. The van der Waals surface area contributed by atoms with Crippen LogP contribution in [0.15, 0.2) is 36.5 Å². The maximum atomic E-state index is 12.4. The molecule has 0 aliphatic rings. The van der Waals surface area contributed by atoms with Gasteiger partial charge in [-0.15, -0.1) is 13.2 Å². The van der Waals surface area contributed by atoms with E-state index in [-0.39, 0.29) is 22.3 Å². The number of halogens is 3. The van der Waals surface area contributed by atoms with Gasteiger partial charge in [-0.25, -0.2) is 9.97 Å². The molecular weight excluding hydrogens is 371 g/mol. The highest BCUT2D eigenvalue weighted by molar-refractivity contribution is 7.22. The summed E-state index contributed by atoms with van der Waals surface area (Å²) in [5.74, 6) is -0.640. The van der Waals surface area contributed by atoms with Crippen molar-refractivity contribution in [2.45, 2.75) is 13.3 Å². The Bertz CT molecular complexity index is 943. The van der Waals surface area contributed by atoms with Crippen molar-refractivity contribution in [1.82, 2.24) is 9.97 Å². The highest BCUT2D eigenvalue weighted by Gasteiger charge is 2.31. The van der Waals surface area contributed by atoms with E-state index < -0.39 is 12.3 Å². The number of hydrogen-bond acceptors (Lipinski definition) is 6. The molecule has 0 unspecified atom stereocenters. The molecule has 6 nitrogen and oxygen atoms in total. The normalized spacial score (nSPS) is 11.4. The van der Waals surface area contributed by atoms with Crippen LogP contribution in [0.2, 0.25) is 0 Å². The molecule has 26 heavy (non-hydrogen) atoms. The van der Waals surface area contributed by atoms with Crippen molar-refractivity contribution >= 4 is 32.6 Å². The number of hydrogen-bond donors (Lipinski definition) is 1. The van der Waals surface area contributed by atoms with Gasteiger partial charge in [-0.1, -0.05) is 11.3 Å². The summed E-state index contributed by atoms with van der Waals surface area (Å²) >= 11 is 1.03. The van der Waals surface area contributed by atoms with E-state index in [0.717, 1.165) is 17.4 Å². The minimum absolute atomic E-state index is 0.189. The first-order chi connectivity index (χ1) is 12.4. The summed E-state index contributed by atoms with van der Waals surface area (Å²) in [7, 11) is 0. The lowest BCUT2D eigenvalue weighted by molar-refractivity contribution is -0.274. The smallest absolute Gasteiger partial charge is 0.477 e. The Hall–Kier alpha value is -2.88. The second kappa shape index (κ2) is 7.16. The lowest BCUT2D eigenvalue weighted by atomic mass is 10.2. The Morgan fingerprint density at radius 2 is 2.12 bits per heavy atom. The molecule has 136 valence electrons. The van der Waals surface area contributed by atoms with Crippen LogP contribution in [0.5, 0.6) is 11.6 Å². The minimum Gasteiger partial charge on any atom is -0.477 e. The minimum atomic E-state index is -4.77. The number of amides is 1. The molecule has 2 heterocycles. The first-order valence-corrected chi connectivity index (χ1v) is 8.23. The van der Waals surface area contributed by atoms with Crippen LogP contribution in [0.25, 0.3) is 10.2 Å². The van der Waals surface area contributed by atoms with E-state index in [2.05, 4.69) is 20.0 Å². The predicted octanol–water partition coefficient (Wildman–Crippen LogP) is 4.24. The number of alkyl halides is 3. The van der Waals surface area contributed by atoms with Crippen molar-refractivity contribution in [3.63, 3.8) is 0 Å². The van der Waals surface area contributed by atoms with Crippen LogP contribution in [0.3, 0.4) is 0 Å². The summed E-state index contributed by atoms with van der Waals surface area (Å²) in [6.07, 6.45) is -3.27. The van der Waals surface area contributed by atoms with Crippen LogP contribution in [0, 0.1) is 0 Å². The van der Waals surface area contributed by atoms with Crippen molar-refractivity contribution < 1.29 is 27.4 Å². The third kappa shape index (κ3) is 4.20. The summed E-state index contributed by atoms with van der Waals surface area (Å²) < 4.78 is 46.5. The number of nitrogens with zero attached hydrogens (tertiary/aromatic N) is 2. The Balaban J connectivity index is 1.82. The maximum Gasteiger partial charge on any atom is 0.573 e. The number of anilines is 1. The second-order valence-corrected chi connectivity index (χ2v) is 5.97. The van der Waals surface area contributed by atoms with Crippen molar-refractivity contribution in [3.8, 4) is 11.6 Å². The van der Waals surface area contributed by atoms with Gasteiger partial charge in [0.05, 0.1) is 16.8 Å². The first kappa shape index (κ1) is 17.9. The molecule has 0 radical (unpaired) electrons. The molecule has 0 saturated heterocycles. The number of carbonyl (C=O) groups excluding carboxylic acids is 1. The zero-order valence-corrected chi connectivity index (χ0v) is 14.1. The molecule has 1 amide bonds. The van der Waals surface area contributed by atoms with Crippen molar-refractivity contribution in [1.29, 1.82) is 0 Å². The molecule has 0 atom stereocenters. The number of pyridine rings is 1. The van der Waals surface area contributed by atoms with E-state index >= 15 is 0 Å². The van der Waals surface area contributed by atoms with Crippen LogP contribution in [-0.4, -0.2) is 28.8 Å². The molecule has 0 fully saturated rings. The van der Waals surface area contributed by atoms with E-state index in [1.807, 2.05) is 0 Å². The van der Waals surface area contributed by atoms with E-state index in [9.17, 15) is 18.0 Å². The Morgan fingerprint density at radius 1 is 1.31 bits per heavy atom. The predicted molar refractivity (Wildman–Crippen MR) is 89.7 cm³/mol. The summed E-state index contributed by atoms with van der Waals surface area (Å²) in [6, 6.07) is 6.91. The summed E-state index contributed by atoms with van der Waals surface area (Å²) in [6.45, 7) is 2.12. The molecule has 0 bridgehead atoms. The van der Waals surface area contributed by atoms with Crippen LogP contribution in [0.4, 0.5) is 18.3 Å². The Morgan fingerprint density at radius 3 is 2.85 bits per heavy atom. The fourth-order valence-corrected chi connectivity index (χ4v) is 3.02. The topological polar surface area (TPSA) is 73.3 Å². The van der Waals surface area contributed by atoms with E-state index in [1.54, 1.807) is 19.1 Å². The van der Waals surface area contributed by atoms with Gasteiger partial charge in [-0.3, -0.25) is 10.1 Å². The largest absolute Gasteiger partial charge is 0.573 e. The Kier molecular flexibility index (Phi) is 4.94. The lowest BCUT2D eigenvalue weighted by Crippen LogP contribution is -2.16. The third-order valence-electron chi connectivity index (χ3n) is 3.11. The standard InChI is InChI=1S/C16H12F3N3O3S/c1-2-24-14-10(4-3-7-20-14)13(23)22-15-21-11-6-5-9(8-12(11)26-15)25-16(17,18)19/h3-8H,2H2,1H3,(H,21,22,23). The quantitative estimate of drug-likeness (QED) is 0.713. The molecule has 1 N–H and O–H groups in total. The number of thiazole rings is 1. The van der Waals surface area contributed by atoms with Gasteiger partial charge in [0.1, 0.15) is 11.3 Å². The molecule has 2 aromatic heterocycles. The molecule has 3 aromatic rings. The zero-order chi connectivity index (χ0) is 18.7. The fraction of sp³-hybridized carbons (Fsp3) is 0.188. The number of fused-ring (bicyclic) bond motifs is 1. The SMILES string of the molecule is CCOc1ncccc1C(=O)Nc1nc2ccc(OC(F)(F)F)cc2s1. The summed E-state index contributed by atoms with van der Waals surface area (Å²) in [5, 5.41) is 2.84. The molecule has 3 rings (SSSR count). The fourth-order valence-electron chi connectivity index (χ4n) is 2.14. The first-order valence-electron chi connectivity index (χ1n) is 7.41. The van der Waals surface area contributed by atoms with Gasteiger partial charge in [0.2, 0.25) is 5.88 Å².